The van der Waals surface area contributed by atoms with Crippen molar-refractivity contribution in [2.75, 3.05) is 13.1 Å². The molecule has 156 valence electrons. The normalized spacial score (nSPS) is 13.9. The van der Waals surface area contributed by atoms with Gasteiger partial charge in [0.2, 0.25) is 5.88 Å². The summed E-state index contributed by atoms with van der Waals surface area (Å²) in [7, 11) is 0. The predicted octanol–water partition coefficient (Wildman–Crippen LogP) is 1.67. The first-order chi connectivity index (χ1) is 14.3. The average molecular weight is 433 g/mol. The van der Waals surface area contributed by atoms with Crippen molar-refractivity contribution in [2.45, 2.75) is 13.0 Å². The van der Waals surface area contributed by atoms with Gasteiger partial charge >= 0.3 is 5.97 Å². The van der Waals surface area contributed by atoms with Crippen LogP contribution in [0.15, 0.2) is 48.0 Å². The first-order valence-electron chi connectivity index (χ1n) is 8.79. The number of aromatic nitrogens is 2. The molecule has 3 rings (SSSR count). The van der Waals surface area contributed by atoms with Gasteiger partial charge in [0.1, 0.15) is 23.6 Å². The molecule has 0 radical (unpaired) electrons. The van der Waals surface area contributed by atoms with Crippen LogP contribution in [0.2, 0.25) is 5.02 Å². The third-order valence-electron chi connectivity index (χ3n) is 4.11. The first-order valence-corrected chi connectivity index (χ1v) is 9.17. The molecule has 2 amide bonds. The lowest BCUT2D eigenvalue weighted by Crippen LogP contribution is -2.43. The molecule has 30 heavy (non-hydrogen) atoms. The monoisotopic (exact) mass is 432 g/mol. The van der Waals surface area contributed by atoms with Crippen LogP contribution < -0.4 is 10.1 Å². The van der Waals surface area contributed by atoms with Crippen molar-refractivity contribution in [1.82, 2.24) is 20.2 Å². The molecule has 1 aliphatic heterocycles. The molecule has 3 N–H and O–H groups in total. The number of nitrogens with one attached hydrogen (secondary N) is 1. The van der Waals surface area contributed by atoms with Gasteiger partial charge in [-0.15, -0.1) is 0 Å². The number of hydrogen-bond acceptors (Lipinski definition) is 7. The van der Waals surface area contributed by atoms with Crippen molar-refractivity contribution in [1.29, 1.82) is 0 Å². The molecule has 10 nitrogen and oxygen atoms in total. The molecule has 0 atom stereocenters. The maximum absolute atomic E-state index is 12.6. The summed E-state index contributed by atoms with van der Waals surface area (Å²) >= 11 is 5.82. The smallest absolute Gasteiger partial charge is 0.322 e. The maximum Gasteiger partial charge on any atom is 0.322 e. The van der Waals surface area contributed by atoms with Gasteiger partial charge in [-0.2, -0.15) is 0 Å². The molecular formula is C19H17ClN4O6. The van der Waals surface area contributed by atoms with Crippen molar-refractivity contribution < 1.29 is 29.3 Å². The van der Waals surface area contributed by atoms with Crippen LogP contribution in [-0.2, 0) is 20.9 Å². The predicted molar refractivity (Wildman–Crippen MR) is 104 cm³/mol. The number of aliphatic hydroxyl groups excluding tert-OH is 1. The SMILES string of the molecule is O=C(O)CNC(=O)C1=C(O)CCN(Cc2cnc(Oc3ccc(Cl)cc3)cn2)C1=O. The zero-order valence-corrected chi connectivity index (χ0v) is 16.3. The van der Waals surface area contributed by atoms with Crippen molar-refractivity contribution in [3.8, 4) is 11.6 Å². The van der Waals surface area contributed by atoms with Gasteiger partial charge in [-0.05, 0) is 24.3 Å². The minimum absolute atomic E-state index is 0.0516. The second-order valence-corrected chi connectivity index (χ2v) is 6.71. The number of carboxylic acid groups (broad SMARTS) is 1. The number of benzene rings is 1. The summed E-state index contributed by atoms with van der Waals surface area (Å²) in [6, 6.07) is 6.71. The second-order valence-electron chi connectivity index (χ2n) is 6.28. The lowest BCUT2D eigenvalue weighted by atomic mass is 10.1. The Morgan fingerprint density at radius 3 is 2.57 bits per heavy atom. The summed E-state index contributed by atoms with van der Waals surface area (Å²) in [6.45, 7) is -0.440. The zero-order chi connectivity index (χ0) is 21.7. The number of carbonyl (C=O) groups is 3. The molecule has 1 aromatic heterocycles. The largest absolute Gasteiger partial charge is 0.511 e. The van der Waals surface area contributed by atoms with Crippen LogP contribution in [0.1, 0.15) is 12.1 Å². The summed E-state index contributed by atoms with van der Waals surface area (Å²) in [6.07, 6.45) is 2.89. The molecule has 11 heteroatoms. The van der Waals surface area contributed by atoms with E-state index in [2.05, 4.69) is 15.3 Å². The van der Waals surface area contributed by atoms with Crippen LogP contribution in [0.3, 0.4) is 0 Å². The van der Waals surface area contributed by atoms with E-state index in [0.29, 0.717) is 16.5 Å². The van der Waals surface area contributed by atoms with E-state index < -0.39 is 29.9 Å². The fourth-order valence-corrected chi connectivity index (χ4v) is 2.79. The molecule has 0 aliphatic carbocycles. The molecular weight excluding hydrogens is 416 g/mol. The van der Waals surface area contributed by atoms with E-state index in [1.54, 1.807) is 24.3 Å². The van der Waals surface area contributed by atoms with Crippen molar-refractivity contribution in [2.24, 2.45) is 0 Å². The number of hydrogen-bond donors (Lipinski definition) is 3. The lowest BCUT2D eigenvalue weighted by Gasteiger charge is -2.27. The standard InChI is InChI=1S/C19H17ClN4O6/c20-11-1-3-13(4-2-11)30-15-8-21-12(7-22-15)10-24-6-5-14(25)17(19(24)29)18(28)23-9-16(26)27/h1-4,7-8,25H,5-6,9-10H2,(H,23,28)(H,26,27). The van der Waals surface area contributed by atoms with Gasteiger partial charge in [0, 0.05) is 18.0 Å². The van der Waals surface area contributed by atoms with Crippen LogP contribution >= 0.6 is 11.6 Å². The van der Waals surface area contributed by atoms with Gasteiger partial charge in [0.25, 0.3) is 11.8 Å². The summed E-state index contributed by atoms with van der Waals surface area (Å²) in [5.41, 5.74) is -0.0309. The number of carbonyl (C=O) groups excluding carboxylic acids is 2. The topological polar surface area (TPSA) is 142 Å². The van der Waals surface area contributed by atoms with E-state index in [4.69, 9.17) is 21.4 Å². The Balaban J connectivity index is 1.64. The minimum atomic E-state index is -1.26. The van der Waals surface area contributed by atoms with E-state index in [-0.39, 0.29) is 31.1 Å². The summed E-state index contributed by atoms with van der Waals surface area (Å²) in [4.78, 5) is 44.9. The molecule has 0 fully saturated rings. The van der Waals surface area contributed by atoms with E-state index in [1.807, 2.05) is 0 Å². The van der Waals surface area contributed by atoms with Gasteiger partial charge in [0.05, 0.1) is 24.6 Å². The van der Waals surface area contributed by atoms with E-state index in [1.165, 1.54) is 17.3 Å². The number of ether oxygens (including phenoxy) is 1. The number of amides is 2. The fourth-order valence-electron chi connectivity index (χ4n) is 2.67. The van der Waals surface area contributed by atoms with E-state index in [9.17, 15) is 19.5 Å². The molecule has 0 unspecified atom stereocenters. The van der Waals surface area contributed by atoms with Crippen LogP contribution in [0.25, 0.3) is 0 Å². The number of aliphatic carboxylic acids is 1. The van der Waals surface area contributed by atoms with Gasteiger partial charge in [-0.25, -0.2) is 4.98 Å². The van der Waals surface area contributed by atoms with Crippen LogP contribution in [0.5, 0.6) is 11.6 Å². The lowest BCUT2D eigenvalue weighted by molar-refractivity contribution is -0.138. The second kappa shape index (κ2) is 9.23. The van der Waals surface area contributed by atoms with E-state index in [0.717, 1.165) is 0 Å². The number of rotatable bonds is 7. The molecule has 0 saturated heterocycles. The van der Waals surface area contributed by atoms with E-state index >= 15 is 0 Å². The summed E-state index contributed by atoms with van der Waals surface area (Å²) in [5, 5.41) is 21.2. The Labute approximate surface area is 175 Å². The molecule has 0 bridgehead atoms. The highest BCUT2D eigenvalue weighted by molar-refractivity contribution is 6.30. The first kappa shape index (κ1) is 21.1. The number of aliphatic hydroxyl groups is 1. The van der Waals surface area contributed by atoms with Crippen molar-refractivity contribution in [3.05, 3.63) is 58.7 Å². The fraction of sp³-hybridized carbons (Fsp3) is 0.211. The van der Waals surface area contributed by atoms with Crippen LogP contribution in [0.4, 0.5) is 0 Å². The van der Waals surface area contributed by atoms with Gasteiger partial charge < -0.3 is 25.2 Å². The number of nitrogens with zero attached hydrogens (tertiary/aromatic N) is 3. The zero-order valence-electron chi connectivity index (χ0n) is 15.5. The number of halogens is 1. The Morgan fingerprint density at radius 2 is 1.93 bits per heavy atom. The van der Waals surface area contributed by atoms with Crippen molar-refractivity contribution >= 4 is 29.4 Å². The van der Waals surface area contributed by atoms with Crippen molar-refractivity contribution in [3.63, 3.8) is 0 Å². The minimum Gasteiger partial charge on any atom is -0.511 e. The number of carboxylic acids is 1. The maximum atomic E-state index is 12.6. The molecule has 2 aromatic rings. The third kappa shape index (κ3) is 5.23. The third-order valence-corrected chi connectivity index (χ3v) is 4.36. The summed E-state index contributed by atoms with van der Waals surface area (Å²) < 4.78 is 5.55. The Hall–Kier alpha value is -3.66. The highest BCUT2D eigenvalue weighted by atomic mass is 35.5. The molecule has 1 aromatic carbocycles. The molecule has 0 spiro atoms. The van der Waals surface area contributed by atoms with Gasteiger partial charge in [-0.1, -0.05) is 11.6 Å². The highest BCUT2D eigenvalue weighted by Crippen LogP contribution is 2.22. The van der Waals surface area contributed by atoms with Gasteiger partial charge in [-0.3, -0.25) is 19.4 Å². The molecule has 0 saturated carbocycles. The molecule has 1 aliphatic rings. The van der Waals surface area contributed by atoms with Gasteiger partial charge in [0.15, 0.2) is 0 Å². The summed E-state index contributed by atoms with van der Waals surface area (Å²) in [5.74, 6) is -2.52. The molecule has 2 heterocycles. The van der Waals surface area contributed by atoms with Crippen LogP contribution in [0, 0.1) is 0 Å². The highest BCUT2D eigenvalue weighted by Gasteiger charge is 2.32. The average Bonchev–Trinajstić information content (AvgIpc) is 2.72. The van der Waals surface area contributed by atoms with Crippen LogP contribution in [-0.4, -0.2) is 56.0 Å². The Kier molecular flexibility index (Phi) is 6.48. The Morgan fingerprint density at radius 1 is 1.20 bits per heavy atom. The quantitative estimate of drug-likeness (QED) is 0.561. The Bertz CT molecular complexity index is 991.